The summed E-state index contributed by atoms with van der Waals surface area (Å²) in [6.45, 7) is 5.85. The first-order valence-corrected chi connectivity index (χ1v) is 4.81. The molecule has 1 aromatic rings. The van der Waals surface area contributed by atoms with E-state index in [4.69, 9.17) is 26.4 Å². The molecule has 0 bridgehead atoms. The Morgan fingerprint density at radius 3 is 2.73 bits per heavy atom. The van der Waals surface area contributed by atoms with Crippen LogP contribution in [-0.4, -0.2) is 23.8 Å². The normalized spacial score (nSPS) is 9.87. The van der Waals surface area contributed by atoms with Crippen LogP contribution >= 0.6 is 11.6 Å². The molecule has 0 aromatic heterocycles. The molecule has 0 saturated heterocycles. The van der Waals surface area contributed by atoms with E-state index in [9.17, 15) is 0 Å². The Balaban J connectivity index is 2.90. The van der Waals surface area contributed by atoms with Crippen LogP contribution in [0.25, 0.3) is 0 Å². The number of hydrogen-bond acceptors (Lipinski definition) is 3. The lowest BCUT2D eigenvalue weighted by Gasteiger charge is -2.11. The van der Waals surface area contributed by atoms with Crippen LogP contribution in [-0.2, 0) is 0 Å². The average Bonchev–Trinajstić information content (AvgIpc) is 2.15. The summed E-state index contributed by atoms with van der Waals surface area (Å²) in [5, 5.41) is 18.6. The largest absolute Gasteiger partial charge is 0.492 e. The van der Waals surface area contributed by atoms with E-state index in [1.54, 1.807) is 12.1 Å². The number of halogens is 1. The summed E-state index contributed by atoms with van der Waals surface area (Å²) in [6.07, 6.45) is 0. The highest BCUT2D eigenvalue weighted by atomic mass is 35.5. The SMILES string of the molecule is C=C(C)COc1ccc(Cl)cc1B(O)O. The lowest BCUT2D eigenvalue weighted by atomic mass is 9.79. The lowest BCUT2D eigenvalue weighted by molar-refractivity contribution is 0.352. The van der Waals surface area contributed by atoms with Crippen molar-refractivity contribution in [2.75, 3.05) is 6.61 Å². The molecule has 5 heteroatoms. The molecule has 0 spiro atoms. The highest BCUT2D eigenvalue weighted by molar-refractivity contribution is 6.60. The molecule has 0 aliphatic carbocycles. The van der Waals surface area contributed by atoms with E-state index in [1.807, 2.05) is 6.92 Å². The molecule has 0 atom stereocenters. The van der Waals surface area contributed by atoms with Gasteiger partial charge in [-0.3, -0.25) is 0 Å². The van der Waals surface area contributed by atoms with Crippen molar-refractivity contribution in [2.45, 2.75) is 6.92 Å². The second-order valence-corrected chi connectivity index (χ2v) is 3.74. The molecule has 0 aliphatic rings. The number of rotatable bonds is 4. The van der Waals surface area contributed by atoms with E-state index in [-0.39, 0.29) is 5.46 Å². The predicted molar refractivity (Wildman–Crippen MR) is 61.6 cm³/mol. The van der Waals surface area contributed by atoms with Gasteiger partial charge in [-0.05, 0) is 30.7 Å². The fraction of sp³-hybridized carbons (Fsp3) is 0.200. The van der Waals surface area contributed by atoms with Gasteiger partial charge in [0.2, 0.25) is 0 Å². The first kappa shape index (κ1) is 12.1. The highest BCUT2D eigenvalue weighted by Gasteiger charge is 2.17. The molecule has 0 radical (unpaired) electrons. The van der Waals surface area contributed by atoms with Crippen molar-refractivity contribution in [1.82, 2.24) is 0 Å². The van der Waals surface area contributed by atoms with E-state index < -0.39 is 7.12 Å². The number of hydrogen-bond donors (Lipinski definition) is 2. The Labute approximate surface area is 94.1 Å². The minimum Gasteiger partial charge on any atom is -0.490 e. The van der Waals surface area contributed by atoms with Gasteiger partial charge in [-0.15, -0.1) is 0 Å². The summed E-state index contributed by atoms with van der Waals surface area (Å²) >= 11 is 5.73. The maximum atomic E-state index is 9.09. The molecule has 2 N–H and O–H groups in total. The zero-order valence-corrected chi connectivity index (χ0v) is 9.16. The fourth-order valence-electron chi connectivity index (χ4n) is 1.05. The first-order chi connectivity index (χ1) is 7.00. The van der Waals surface area contributed by atoms with Gasteiger partial charge in [-0.2, -0.15) is 0 Å². The van der Waals surface area contributed by atoms with Crippen molar-refractivity contribution < 1.29 is 14.8 Å². The van der Waals surface area contributed by atoms with Crippen molar-refractivity contribution in [2.24, 2.45) is 0 Å². The third kappa shape index (κ3) is 3.59. The van der Waals surface area contributed by atoms with Gasteiger partial charge >= 0.3 is 7.12 Å². The second-order valence-electron chi connectivity index (χ2n) is 3.30. The maximum absolute atomic E-state index is 9.09. The van der Waals surface area contributed by atoms with Gasteiger partial charge in [-0.25, -0.2) is 0 Å². The van der Waals surface area contributed by atoms with Gasteiger partial charge in [-0.1, -0.05) is 18.2 Å². The van der Waals surface area contributed by atoms with Crippen LogP contribution in [0.3, 0.4) is 0 Å². The van der Waals surface area contributed by atoms with Crippen molar-refractivity contribution in [3.8, 4) is 5.75 Å². The summed E-state index contributed by atoms with van der Waals surface area (Å²) in [6, 6.07) is 4.68. The van der Waals surface area contributed by atoms with E-state index in [0.29, 0.717) is 17.4 Å². The standard InChI is InChI=1S/C10H12BClO3/c1-7(2)6-15-10-4-3-8(12)5-9(10)11(13)14/h3-5,13-14H,1,6H2,2H3. The molecule has 3 nitrogen and oxygen atoms in total. The van der Waals surface area contributed by atoms with Crippen molar-refractivity contribution in [3.63, 3.8) is 0 Å². The van der Waals surface area contributed by atoms with Crippen LogP contribution in [0.1, 0.15) is 6.92 Å². The molecule has 80 valence electrons. The molecule has 0 heterocycles. The third-order valence-corrected chi connectivity index (χ3v) is 1.96. The first-order valence-electron chi connectivity index (χ1n) is 4.43. The van der Waals surface area contributed by atoms with E-state index in [0.717, 1.165) is 5.57 Å². The molecule has 0 aliphatic heterocycles. The van der Waals surface area contributed by atoms with Gasteiger partial charge < -0.3 is 14.8 Å². The Bertz CT molecular complexity index is 366. The average molecular weight is 226 g/mol. The van der Waals surface area contributed by atoms with Crippen LogP contribution in [0.15, 0.2) is 30.4 Å². The Hall–Kier alpha value is -0.965. The highest BCUT2D eigenvalue weighted by Crippen LogP contribution is 2.14. The summed E-state index contributed by atoms with van der Waals surface area (Å²) in [4.78, 5) is 0. The molecular weight excluding hydrogens is 214 g/mol. The van der Waals surface area contributed by atoms with Crippen LogP contribution < -0.4 is 10.2 Å². The van der Waals surface area contributed by atoms with E-state index in [2.05, 4.69) is 6.58 Å². The third-order valence-electron chi connectivity index (χ3n) is 1.72. The minimum atomic E-state index is -1.59. The van der Waals surface area contributed by atoms with Crippen LogP contribution in [0.5, 0.6) is 5.75 Å². The topological polar surface area (TPSA) is 49.7 Å². The van der Waals surface area contributed by atoms with Gasteiger partial charge in [0.25, 0.3) is 0 Å². The van der Waals surface area contributed by atoms with Crippen molar-refractivity contribution in [3.05, 3.63) is 35.4 Å². The maximum Gasteiger partial charge on any atom is 0.492 e. The van der Waals surface area contributed by atoms with Crippen LogP contribution in [0.2, 0.25) is 5.02 Å². The molecule has 0 saturated carbocycles. The van der Waals surface area contributed by atoms with Crippen molar-refractivity contribution in [1.29, 1.82) is 0 Å². The summed E-state index contributed by atoms with van der Waals surface area (Å²) in [7, 11) is -1.59. The summed E-state index contributed by atoms with van der Waals surface area (Å²) in [5.74, 6) is 0.400. The van der Waals surface area contributed by atoms with E-state index >= 15 is 0 Å². The molecule has 1 aromatic carbocycles. The smallest absolute Gasteiger partial charge is 0.490 e. The minimum absolute atomic E-state index is 0.253. The number of ether oxygens (including phenoxy) is 1. The molecule has 0 fully saturated rings. The van der Waals surface area contributed by atoms with Gasteiger partial charge in [0.15, 0.2) is 0 Å². The Morgan fingerprint density at radius 2 is 2.20 bits per heavy atom. The lowest BCUT2D eigenvalue weighted by Crippen LogP contribution is -2.31. The summed E-state index contributed by atoms with van der Waals surface area (Å²) < 4.78 is 5.34. The van der Waals surface area contributed by atoms with Crippen LogP contribution in [0.4, 0.5) is 0 Å². The Morgan fingerprint density at radius 1 is 1.53 bits per heavy atom. The van der Waals surface area contributed by atoms with E-state index in [1.165, 1.54) is 6.07 Å². The van der Waals surface area contributed by atoms with Crippen LogP contribution in [0, 0.1) is 0 Å². The molecule has 0 amide bonds. The monoisotopic (exact) mass is 226 g/mol. The molecule has 0 unspecified atom stereocenters. The zero-order chi connectivity index (χ0) is 11.4. The second kappa shape index (κ2) is 5.21. The van der Waals surface area contributed by atoms with Gasteiger partial charge in [0.05, 0.1) is 0 Å². The molecule has 1 rings (SSSR count). The quantitative estimate of drug-likeness (QED) is 0.594. The fourth-order valence-corrected chi connectivity index (χ4v) is 1.23. The van der Waals surface area contributed by atoms with Crippen molar-refractivity contribution >= 4 is 24.2 Å². The van der Waals surface area contributed by atoms with Gasteiger partial charge in [0.1, 0.15) is 12.4 Å². The molecular formula is C10H12BClO3. The number of benzene rings is 1. The Kier molecular flexibility index (Phi) is 4.21. The van der Waals surface area contributed by atoms with Gasteiger partial charge in [0, 0.05) is 10.5 Å². The summed E-state index contributed by atoms with van der Waals surface area (Å²) in [5.41, 5.74) is 1.10. The zero-order valence-electron chi connectivity index (χ0n) is 8.40. The molecule has 15 heavy (non-hydrogen) atoms. The predicted octanol–water partition coefficient (Wildman–Crippen LogP) is 0.975.